The quantitative estimate of drug-likeness (QED) is 0.669. The molecule has 6 nitrogen and oxygen atoms in total. The molecule has 0 aliphatic rings. The van der Waals surface area contributed by atoms with Crippen molar-refractivity contribution in [3.63, 3.8) is 0 Å². The molecule has 0 spiro atoms. The van der Waals surface area contributed by atoms with Crippen LogP contribution >= 0.6 is 12.4 Å². The fraction of sp³-hybridized carbons (Fsp3) is 0.429. The summed E-state index contributed by atoms with van der Waals surface area (Å²) in [5.41, 5.74) is 6.20. The van der Waals surface area contributed by atoms with Crippen molar-refractivity contribution in [3.05, 3.63) is 29.3 Å². The smallest absolute Gasteiger partial charge is 0.422 e. The van der Waals surface area contributed by atoms with E-state index < -0.39 is 24.6 Å². The van der Waals surface area contributed by atoms with Crippen LogP contribution in [0, 0.1) is 6.92 Å². The third-order valence-electron chi connectivity index (χ3n) is 2.72. The van der Waals surface area contributed by atoms with Crippen molar-refractivity contribution in [2.75, 3.05) is 19.7 Å². The number of carbonyl (C=O) groups excluding carboxylic acids is 2. The first-order valence-electron chi connectivity index (χ1n) is 6.74. The number of alkyl halides is 3. The highest BCUT2D eigenvalue weighted by Crippen LogP contribution is 2.23. The van der Waals surface area contributed by atoms with Gasteiger partial charge in [-0.05, 0) is 18.6 Å². The highest BCUT2D eigenvalue weighted by Gasteiger charge is 2.28. The number of amides is 2. The fourth-order valence-corrected chi connectivity index (χ4v) is 1.61. The highest BCUT2D eigenvalue weighted by atomic mass is 35.5. The zero-order valence-corrected chi connectivity index (χ0v) is 13.7. The average molecular weight is 370 g/mol. The number of hydrogen-bond acceptors (Lipinski definition) is 4. The molecule has 0 bridgehead atoms. The van der Waals surface area contributed by atoms with Crippen LogP contribution in [0.15, 0.2) is 18.2 Å². The lowest BCUT2D eigenvalue weighted by molar-refractivity contribution is -0.153. The van der Waals surface area contributed by atoms with E-state index in [1.807, 2.05) is 0 Å². The molecule has 24 heavy (non-hydrogen) atoms. The summed E-state index contributed by atoms with van der Waals surface area (Å²) in [6.45, 7) is -0.221. The maximum absolute atomic E-state index is 12.3. The molecule has 0 saturated carbocycles. The summed E-state index contributed by atoms with van der Waals surface area (Å²) in [6.07, 6.45) is -4.45. The van der Waals surface area contributed by atoms with Gasteiger partial charge in [0, 0.05) is 12.1 Å². The minimum Gasteiger partial charge on any atom is -0.484 e. The summed E-state index contributed by atoms with van der Waals surface area (Å²) in [7, 11) is 0. The van der Waals surface area contributed by atoms with Crippen LogP contribution in [0.3, 0.4) is 0 Å². The van der Waals surface area contributed by atoms with Crippen LogP contribution in [-0.2, 0) is 16.1 Å². The van der Waals surface area contributed by atoms with Gasteiger partial charge < -0.3 is 21.1 Å². The molecule has 2 amide bonds. The van der Waals surface area contributed by atoms with Crippen LogP contribution in [0.4, 0.5) is 13.2 Å². The van der Waals surface area contributed by atoms with E-state index in [1.165, 1.54) is 6.07 Å². The minimum absolute atomic E-state index is 0. The molecule has 10 heteroatoms. The molecular weight excluding hydrogens is 351 g/mol. The summed E-state index contributed by atoms with van der Waals surface area (Å²) < 4.78 is 41.5. The van der Waals surface area contributed by atoms with E-state index in [4.69, 9.17) is 10.5 Å². The first-order chi connectivity index (χ1) is 10.7. The normalized spacial score (nSPS) is 10.5. The van der Waals surface area contributed by atoms with Gasteiger partial charge in [0.25, 0.3) is 0 Å². The Morgan fingerprint density at radius 1 is 1.21 bits per heavy atom. The van der Waals surface area contributed by atoms with Crippen molar-refractivity contribution in [1.82, 2.24) is 10.6 Å². The number of carbonyl (C=O) groups is 2. The molecule has 136 valence electrons. The van der Waals surface area contributed by atoms with Gasteiger partial charge in [-0.15, -0.1) is 12.4 Å². The Balaban J connectivity index is 0.00000529. The molecule has 4 N–H and O–H groups in total. The van der Waals surface area contributed by atoms with E-state index in [9.17, 15) is 22.8 Å². The first kappa shape index (κ1) is 22.0. The van der Waals surface area contributed by atoms with Crippen molar-refractivity contribution in [2.24, 2.45) is 5.73 Å². The van der Waals surface area contributed by atoms with Crippen LogP contribution in [0.2, 0.25) is 0 Å². The molecule has 0 fully saturated rings. The number of halogens is 4. The molecule has 1 rings (SSSR count). The van der Waals surface area contributed by atoms with Gasteiger partial charge in [0.05, 0.1) is 13.1 Å². The third kappa shape index (κ3) is 8.59. The van der Waals surface area contributed by atoms with Crippen molar-refractivity contribution in [2.45, 2.75) is 19.6 Å². The second-order valence-electron chi connectivity index (χ2n) is 4.77. The van der Waals surface area contributed by atoms with Gasteiger partial charge in [0.15, 0.2) is 6.61 Å². The molecule has 0 unspecified atom stereocenters. The molecule has 1 aromatic carbocycles. The lowest BCUT2D eigenvalue weighted by atomic mass is 10.1. The van der Waals surface area contributed by atoms with Crippen LogP contribution in [0.1, 0.15) is 11.1 Å². The zero-order valence-electron chi connectivity index (χ0n) is 12.9. The van der Waals surface area contributed by atoms with Crippen LogP contribution in [0.25, 0.3) is 0 Å². The summed E-state index contributed by atoms with van der Waals surface area (Å²) in [4.78, 5) is 22.5. The van der Waals surface area contributed by atoms with Gasteiger partial charge in [0.2, 0.25) is 11.8 Å². The molecule has 1 aromatic rings. The number of nitrogens with one attached hydrogen (secondary N) is 2. The van der Waals surface area contributed by atoms with Crippen LogP contribution in [0.5, 0.6) is 5.75 Å². The standard InChI is InChI=1S/C14H18F3N3O3.ClH/c1-9-2-3-10(11(4-9)23-8-14(15,16)17)6-19-13(22)7-20-12(21)5-18;/h2-4H,5-8,18H2,1H3,(H,19,22)(H,20,21);1H. The Hall–Kier alpha value is -2.00. The second-order valence-corrected chi connectivity index (χ2v) is 4.77. The van der Waals surface area contributed by atoms with E-state index in [1.54, 1.807) is 19.1 Å². The Kier molecular flexibility index (Phi) is 9.16. The largest absolute Gasteiger partial charge is 0.484 e. The van der Waals surface area contributed by atoms with Crippen molar-refractivity contribution in [1.29, 1.82) is 0 Å². The number of rotatable bonds is 7. The summed E-state index contributed by atoms with van der Waals surface area (Å²) in [6, 6.07) is 4.72. The zero-order chi connectivity index (χ0) is 17.5. The maximum atomic E-state index is 12.3. The summed E-state index contributed by atoms with van der Waals surface area (Å²) >= 11 is 0. The van der Waals surface area contributed by atoms with Gasteiger partial charge in [-0.3, -0.25) is 9.59 Å². The predicted octanol–water partition coefficient (Wildman–Crippen LogP) is 1.05. The van der Waals surface area contributed by atoms with Crippen molar-refractivity contribution >= 4 is 24.2 Å². The Morgan fingerprint density at radius 3 is 2.46 bits per heavy atom. The van der Waals surface area contributed by atoms with E-state index in [2.05, 4.69) is 10.6 Å². The molecular formula is C14H19ClF3N3O3. The molecule has 0 aliphatic carbocycles. The van der Waals surface area contributed by atoms with Crippen molar-refractivity contribution < 1.29 is 27.5 Å². The van der Waals surface area contributed by atoms with Gasteiger partial charge >= 0.3 is 6.18 Å². The molecule has 0 aliphatic heterocycles. The lowest BCUT2D eigenvalue weighted by Gasteiger charge is -2.14. The van der Waals surface area contributed by atoms with Gasteiger partial charge in [-0.2, -0.15) is 13.2 Å². The SMILES string of the molecule is Cc1ccc(CNC(=O)CNC(=O)CN)c(OCC(F)(F)F)c1.Cl. The second kappa shape index (κ2) is 9.99. The predicted molar refractivity (Wildman–Crippen MR) is 83.9 cm³/mol. The summed E-state index contributed by atoms with van der Waals surface area (Å²) in [5.74, 6) is -0.924. The number of benzene rings is 1. The molecule has 0 radical (unpaired) electrons. The first-order valence-corrected chi connectivity index (χ1v) is 6.74. The topological polar surface area (TPSA) is 93.5 Å². The Bertz CT molecular complexity index is 568. The monoisotopic (exact) mass is 369 g/mol. The van der Waals surface area contributed by atoms with E-state index in [0.29, 0.717) is 5.56 Å². The molecule has 0 saturated heterocycles. The van der Waals surface area contributed by atoms with Gasteiger partial charge in [-0.25, -0.2) is 0 Å². The van der Waals surface area contributed by atoms with E-state index >= 15 is 0 Å². The molecule has 0 heterocycles. The number of nitrogens with two attached hydrogens (primary N) is 1. The van der Waals surface area contributed by atoms with Crippen LogP contribution in [-0.4, -0.2) is 37.7 Å². The van der Waals surface area contributed by atoms with Gasteiger partial charge in [0.1, 0.15) is 5.75 Å². The van der Waals surface area contributed by atoms with Crippen molar-refractivity contribution in [3.8, 4) is 5.75 Å². The summed E-state index contributed by atoms with van der Waals surface area (Å²) in [5, 5.41) is 4.76. The number of ether oxygens (including phenoxy) is 1. The molecule has 0 atom stereocenters. The highest BCUT2D eigenvalue weighted by molar-refractivity contribution is 5.85. The maximum Gasteiger partial charge on any atom is 0.422 e. The third-order valence-corrected chi connectivity index (χ3v) is 2.72. The minimum atomic E-state index is -4.45. The van der Waals surface area contributed by atoms with Crippen LogP contribution < -0.4 is 21.1 Å². The number of hydrogen-bond donors (Lipinski definition) is 3. The average Bonchev–Trinajstić information content (AvgIpc) is 2.48. The van der Waals surface area contributed by atoms with E-state index in [0.717, 1.165) is 5.56 Å². The number of aryl methyl sites for hydroxylation is 1. The van der Waals surface area contributed by atoms with E-state index in [-0.39, 0.29) is 37.8 Å². The Labute approximate surface area is 143 Å². The van der Waals surface area contributed by atoms with Gasteiger partial charge in [-0.1, -0.05) is 12.1 Å². The molecule has 0 aromatic heterocycles. The lowest BCUT2D eigenvalue weighted by Crippen LogP contribution is -2.39. The Morgan fingerprint density at radius 2 is 1.88 bits per heavy atom. The fourth-order valence-electron chi connectivity index (χ4n) is 1.61.